The third kappa shape index (κ3) is 3.61. The van der Waals surface area contributed by atoms with Crippen molar-refractivity contribution in [1.29, 1.82) is 0 Å². The number of para-hydroxylation sites is 1. The molecule has 1 amide bonds. The molecule has 1 aliphatic heterocycles. The van der Waals surface area contributed by atoms with Crippen molar-refractivity contribution >= 4 is 32.5 Å². The summed E-state index contributed by atoms with van der Waals surface area (Å²) in [5, 5.41) is 3.68. The first-order chi connectivity index (χ1) is 13.9. The topological polar surface area (TPSA) is 91.5 Å². The molecular weight excluding hydrogens is 390 g/mol. The molecule has 0 fully saturated rings. The molecule has 0 spiro atoms. The van der Waals surface area contributed by atoms with E-state index in [9.17, 15) is 13.2 Å². The Morgan fingerprint density at radius 3 is 2.79 bits per heavy atom. The molecule has 0 saturated heterocycles. The average Bonchev–Trinajstić information content (AvgIpc) is 3.07. The summed E-state index contributed by atoms with van der Waals surface area (Å²) in [6.07, 6.45) is 0.610. The number of amides is 1. The van der Waals surface area contributed by atoms with Crippen LogP contribution in [0, 0.1) is 0 Å². The molecule has 0 saturated carbocycles. The lowest BCUT2D eigenvalue weighted by Gasteiger charge is -2.27. The molecule has 0 aliphatic carbocycles. The Hall–Kier alpha value is -2.84. The van der Waals surface area contributed by atoms with E-state index in [0.717, 1.165) is 22.2 Å². The van der Waals surface area contributed by atoms with Crippen molar-refractivity contribution in [3.63, 3.8) is 0 Å². The molecule has 3 aromatic rings. The number of aromatic nitrogens is 1. The van der Waals surface area contributed by atoms with Crippen molar-refractivity contribution in [1.82, 2.24) is 9.29 Å². The summed E-state index contributed by atoms with van der Waals surface area (Å²) in [7, 11) is -3.82. The van der Waals surface area contributed by atoms with Crippen LogP contribution in [0.2, 0.25) is 0 Å². The van der Waals surface area contributed by atoms with Crippen LogP contribution in [-0.2, 0) is 27.8 Å². The van der Waals surface area contributed by atoms with Gasteiger partial charge in [0.1, 0.15) is 10.6 Å². The first-order valence-corrected chi connectivity index (χ1v) is 11.0. The predicted molar refractivity (Wildman–Crippen MR) is 112 cm³/mol. The van der Waals surface area contributed by atoms with Gasteiger partial charge in [-0.15, -0.1) is 0 Å². The van der Waals surface area contributed by atoms with Crippen LogP contribution in [0.1, 0.15) is 25.1 Å². The second kappa shape index (κ2) is 7.53. The number of sulfonamides is 1. The van der Waals surface area contributed by atoms with Gasteiger partial charge in [-0.05, 0) is 36.8 Å². The SMILES string of the molecule is CCOc1ccc(NC(C)=O)cc1S(=O)(=O)N1CCc2[nH]c3ccccc3c2C1. The molecule has 0 bridgehead atoms. The highest BCUT2D eigenvalue weighted by Gasteiger charge is 2.32. The fourth-order valence-electron chi connectivity index (χ4n) is 3.75. The molecule has 7 nitrogen and oxygen atoms in total. The minimum atomic E-state index is -3.82. The zero-order valence-electron chi connectivity index (χ0n) is 16.4. The van der Waals surface area contributed by atoms with Crippen molar-refractivity contribution in [2.75, 3.05) is 18.5 Å². The monoisotopic (exact) mass is 413 g/mol. The van der Waals surface area contributed by atoms with Crippen LogP contribution >= 0.6 is 0 Å². The van der Waals surface area contributed by atoms with Crippen molar-refractivity contribution < 1.29 is 17.9 Å². The zero-order valence-corrected chi connectivity index (χ0v) is 17.2. The minimum Gasteiger partial charge on any atom is -0.492 e. The van der Waals surface area contributed by atoms with Crippen LogP contribution < -0.4 is 10.1 Å². The van der Waals surface area contributed by atoms with Gasteiger partial charge in [0.05, 0.1) is 6.61 Å². The quantitative estimate of drug-likeness (QED) is 0.672. The van der Waals surface area contributed by atoms with E-state index in [0.29, 0.717) is 25.3 Å². The number of hydrogen-bond donors (Lipinski definition) is 2. The minimum absolute atomic E-state index is 0.0638. The molecular formula is C21H23N3O4S. The Bertz CT molecular complexity index is 1180. The van der Waals surface area contributed by atoms with Crippen LogP contribution in [-0.4, -0.2) is 36.8 Å². The number of carbonyl (C=O) groups excluding carboxylic acids is 1. The van der Waals surface area contributed by atoms with E-state index in [2.05, 4.69) is 10.3 Å². The second-order valence-corrected chi connectivity index (χ2v) is 8.90. The van der Waals surface area contributed by atoms with E-state index in [4.69, 9.17) is 4.74 Å². The summed E-state index contributed by atoms with van der Waals surface area (Å²) in [4.78, 5) is 14.9. The molecule has 1 aromatic heterocycles. The Kier molecular flexibility index (Phi) is 5.06. The molecule has 2 N–H and O–H groups in total. The lowest BCUT2D eigenvalue weighted by atomic mass is 10.1. The molecule has 0 unspecified atom stereocenters. The first kappa shape index (κ1) is 19.5. The first-order valence-electron chi connectivity index (χ1n) is 9.53. The lowest BCUT2D eigenvalue weighted by molar-refractivity contribution is -0.114. The van der Waals surface area contributed by atoms with Crippen molar-refractivity contribution in [2.24, 2.45) is 0 Å². The van der Waals surface area contributed by atoms with Crippen LogP contribution in [0.25, 0.3) is 10.9 Å². The number of H-pyrrole nitrogens is 1. The van der Waals surface area contributed by atoms with Gasteiger partial charge in [-0.2, -0.15) is 4.31 Å². The van der Waals surface area contributed by atoms with E-state index >= 15 is 0 Å². The summed E-state index contributed by atoms with van der Waals surface area (Å²) in [5.74, 6) is 0.0187. The van der Waals surface area contributed by atoms with Gasteiger partial charge in [-0.3, -0.25) is 4.79 Å². The van der Waals surface area contributed by atoms with Gasteiger partial charge in [-0.1, -0.05) is 18.2 Å². The largest absolute Gasteiger partial charge is 0.492 e. The summed E-state index contributed by atoms with van der Waals surface area (Å²) < 4.78 is 34.1. The number of nitrogens with zero attached hydrogens (tertiary/aromatic N) is 1. The Labute approximate surface area is 169 Å². The third-order valence-corrected chi connectivity index (χ3v) is 6.90. The number of rotatable bonds is 5. The molecule has 29 heavy (non-hydrogen) atoms. The highest BCUT2D eigenvalue weighted by atomic mass is 32.2. The van der Waals surface area contributed by atoms with Crippen molar-refractivity contribution in [3.8, 4) is 5.75 Å². The lowest BCUT2D eigenvalue weighted by Crippen LogP contribution is -2.36. The second-order valence-electron chi connectivity index (χ2n) is 6.99. The number of anilines is 1. The van der Waals surface area contributed by atoms with E-state index in [-0.39, 0.29) is 23.1 Å². The van der Waals surface area contributed by atoms with Crippen LogP contribution in [0.3, 0.4) is 0 Å². The number of benzene rings is 2. The summed E-state index contributed by atoms with van der Waals surface area (Å²) in [6, 6.07) is 12.6. The van der Waals surface area contributed by atoms with Crippen LogP contribution in [0.4, 0.5) is 5.69 Å². The highest BCUT2D eigenvalue weighted by molar-refractivity contribution is 7.89. The summed E-state index contributed by atoms with van der Waals surface area (Å²) in [6.45, 7) is 4.19. The summed E-state index contributed by atoms with van der Waals surface area (Å²) >= 11 is 0. The van der Waals surface area contributed by atoms with E-state index < -0.39 is 10.0 Å². The van der Waals surface area contributed by atoms with Gasteiger partial charge >= 0.3 is 0 Å². The maximum atomic E-state index is 13.5. The van der Waals surface area contributed by atoms with E-state index in [1.54, 1.807) is 19.1 Å². The highest BCUT2D eigenvalue weighted by Crippen LogP contribution is 2.34. The molecule has 1 aliphatic rings. The van der Waals surface area contributed by atoms with Gasteiger partial charge in [0.15, 0.2) is 0 Å². The van der Waals surface area contributed by atoms with Gasteiger partial charge in [0, 0.05) is 48.7 Å². The maximum absolute atomic E-state index is 13.5. The molecule has 2 aromatic carbocycles. The Morgan fingerprint density at radius 2 is 2.03 bits per heavy atom. The van der Waals surface area contributed by atoms with E-state index in [1.807, 2.05) is 24.3 Å². The number of fused-ring (bicyclic) bond motifs is 3. The molecule has 2 heterocycles. The van der Waals surface area contributed by atoms with Gasteiger partial charge in [0.2, 0.25) is 15.9 Å². The molecule has 0 atom stereocenters. The molecule has 4 rings (SSSR count). The number of ether oxygens (including phenoxy) is 1. The predicted octanol–water partition coefficient (Wildman–Crippen LogP) is 3.27. The third-order valence-electron chi connectivity index (χ3n) is 5.03. The average molecular weight is 413 g/mol. The van der Waals surface area contributed by atoms with Gasteiger partial charge < -0.3 is 15.0 Å². The standard InChI is InChI=1S/C21H23N3O4S/c1-3-28-20-9-8-15(22-14(2)25)12-21(20)29(26,27)24-11-10-19-17(13-24)16-6-4-5-7-18(16)23-19/h4-9,12,23H,3,10-11,13H2,1-2H3,(H,22,25). The van der Waals surface area contributed by atoms with Gasteiger partial charge in [0.25, 0.3) is 0 Å². The fraction of sp³-hybridized carbons (Fsp3) is 0.286. The zero-order chi connectivity index (χ0) is 20.6. The Balaban J connectivity index is 1.74. The Morgan fingerprint density at radius 1 is 1.24 bits per heavy atom. The maximum Gasteiger partial charge on any atom is 0.247 e. The summed E-state index contributed by atoms with van der Waals surface area (Å²) in [5.41, 5.74) is 3.52. The molecule has 152 valence electrons. The van der Waals surface area contributed by atoms with Crippen LogP contribution in [0.5, 0.6) is 5.75 Å². The smallest absolute Gasteiger partial charge is 0.247 e. The van der Waals surface area contributed by atoms with Gasteiger partial charge in [-0.25, -0.2) is 8.42 Å². The normalized spacial score (nSPS) is 14.6. The number of hydrogen-bond acceptors (Lipinski definition) is 4. The number of nitrogens with one attached hydrogen (secondary N) is 2. The molecule has 0 radical (unpaired) electrons. The number of aromatic amines is 1. The fourth-order valence-corrected chi connectivity index (χ4v) is 5.32. The van der Waals surface area contributed by atoms with Crippen molar-refractivity contribution in [3.05, 3.63) is 53.7 Å². The molecule has 8 heteroatoms. The van der Waals surface area contributed by atoms with E-state index in [1.165, 1.54) is 17.3 Å². The van der Waals surface area contributed by atoms with Crippen LogP contribution in [0.15, 0.2) is 47.4 Å². The van der Waals surface area contributed by atoms with Crippen molar-refractivity contribution in [2.45, 2.75) is 31.7 Å². The number of carbonyl (C=O) groups is 1.